The summed E-state index contributed by atoms with van der Waals surface area (Å²) < 4.78 is 6.15. The highest BCUT2D eigenvalue weighted by atomic mass is 16.5. The van der Waals surface area contributed by atoms with E-state index in [2.05, 4.69) is 10.5 Å². The number of ketones is 1. The van der Waals surface area contributed by atoms with Crippen LogP contribution in [0.2, 0.25) is 0 Å². The quantitative estimate of drug-likeness (QED) is 0.475. The predicted molar refractivity (Wildman–Crippen MR) is 115 cm³/mol. The van der Waals surface area contributed by atoms with Crippen LogP contribution >= 0.6 is 0 Å². The number of ether oxygens (including phenoxy) is 1. The van der Waals surface area contributed by atoms with Crippen molar-refractivity contribution in [2.75, 3.05) is 6.54 Å². The number of hydrogen-bond acceptors (Lipinski definition) is 5. The number of nitrogens with zero attached hydrogens (tertiary/aromatic N) is 1. The third kappa shape index (κ3) is 4.91. The zero-order valence-electron chi connectivity index (χ0n) is 17.5. The molecule has 30 heavy (non-hydrogen) atoms. The van der Waals surface area contributed by atoms with E-state index >= 15 is 0 Å². The molecule has 0 radical (unpaired) electrons. The van der Waals surface area contributed by atoms with Gasteiger partial charge in [-0.2, -0.15) is 5.10 Å². The average molecular weight is 413 g/mol. The molecule has 0 spiro atoms. The molecule has 3 aliphatic rings. The van der Waals surface area contributed by atoms with Gasteiger partial charge in [0.2, 0.25) is 0 Å². The number of aromatic carboxylic acids is 1. The SMILES string of the molecule is O=C(O)c1ccc(CCC2C3CCC(O3)C2C=NNCC(=O)C2CCCCC2)cc1. The fourth-order valence-corrected chi connectivity index (χ4v) is 5.37. The number of carbonyl (C=O) groups is 2. The molecule has 4 rings (SSSR count). The maximum atomic E-state index is 12.3. The molecule has 1 aliphatic carbocycles. The lowest BCUT2D eigenvalue weighted by Crippen LogP contribution is -2.31. The highest BCUT2D eigenvalue weighted by Gasteiger charge is 2.47. The van der Waals surface area contributed by atoms with E-state index in [4.69, 9.17) is 9.84 Å². The lowest BCUT2D eigenvalue weighted by atomic mass is 9.77. The van der Waals surface area contributed by atoms with Gasteiger partial charge in [0.15, 0.2) is 5.78 Å². The summed E-state index contributed by atoms with van der Waals surface area (Å²) in [4.78, 5) is 23.3. The van der Waals surface area contributed by atoms with Crippen LogP contribution in [0.3, 0.4) is 0 Å². The number of hydrazone groups is 1. The Hall–Kier alpha value is -2.21. The number of nitrogens with one attached hydrogen (secondary N) is 1. The van der Waals surface area contributed by atoms with Crippen molar-refractivity contribution in [2.45, 2.75) is 70.0 Å². The largest absolute Gasteiger partial charge is 0.478 e. The molecule has 2 N–H and O–H groups in total. The van der Waals surface area contributed by atoms with Crippen LogP contribution in [0.25, 0.3) is 0 Å². The zero-order valence-corrected chi connectivity index (χ0v) is 17.5. The van der Waals surface area contributed by atoms with Gasteiger partial charge in [-0.05, 0) is 62.1 Å². The van der Waals surface area contributed by atoms with Gasteiger partial charge >= 0.3 is 5.97 Å². The smallest absolute Gasteiger partial charge is 0.335 e. The first kappa shape index (κ1) is 21.0. The van der Waals surface area contributed by atoms with E-state index in [1.165, 1.54) is 19.3 Å². The van der Waals surface area contributed by atoms with Crippen LogP contribution in [-0.4, -0.2) is 41.8 Å². The Kier molecular flexibility index (Phi) is 6.82. The van der Waals surface area contributed by atoms with Crippen molar-refractivity contribution in [2.24, 2.45) is 22.9 Å². The van der Waals surface area contributed by atoms with E-state index in [1.807, 2.05) is 18.3 Å². The predicted octanol–water partition coefficient (Wildman–Crippen LogP) is 3.84. The Morgan fingerprint density at radius 2 is 1.80 bits per heavy atom. The first-order valence-corrected chi connectivity index (χ1v) is 11.4. The normalized spacial score (nSPS) is 28.8. The number of carboxylic acid groups (broad SMARTS) is 1. The van der Waals surface area contributed by atoms with Crippen molar-refractivity contribution >= 4 is 18.0 Å². The summed E-state index contributed by atoms with van der Waals surface area (Å²) in [6.07, 6.45) is 12.2. The molecule has 0 amide bonds. The van der Waals surface area contributed by atoms with Gasteiger partial charge in [0.25, 0.3) is 0 Å². The van der Waals surface area contributed by atoms with E-state index in [0.29, 0.717) is 18.0 Å². The van der Waals surface area contributed by atoms with Gasteiger partial charge < -0.3 is 15.3 Å². The van der Waals surface area contributed by atoms with Gasteiger partial charge in [-0.3, -0.25) is 4.79 Å². The molecule has 6 heteroatoms. The second-order valence-corrected chi connectivity index (χ2v) is 8.99. The van der Waals surface area contributed by atoms with Crippen molar-refractivity contribution in [3.8, 4) is 0 Å². The first-order valence-electron chi connectivity index (χ1n) is 11.4. The zero-order chi connectivity index (χ0) is 20.9. The van der Waals surface area contributed by atoms with Crippen molar-refractivity contribution in [1.82, 2.24) is 5.43 Å². The monoisotopic (exact) mass is 412 g/mol. The molecule has 0 aromatic heterocycles. The summed E-state index contributed by atoms with van der Waals surface area (Å²) in [6.45, 7) is 0.323. The van der Waals surface area contributed by atoms with Gasteiger partial charge in [-0.15, -0.1) is 0 Å². The van der Waals surface area contributed by atoms with Crippen LogP contribution in [0.5, 0.6) is 0 Å². The summed E-state index contributed by atoms with van der Waals surface area (Å²) in [6, 6.07) is 7.14. The summed E-state index contributed by atoms with van der Waals surface area (Å²) in [7, 11) is 0. The molecule has 1 aromatic carbocycles. The number of benzene rings is 1. The van der Waals surface area contributed by atoms with E-state index in [0.717, 1.165) is 44.1 Å². The van der Waals surface area contributed by atoms with E-state index in [1.54, 1.807) is 12.1 Å². The number of hydrogen-bond donors (Lipinski definition) is 2. The van der Waals surface area contributed by atoms with Crippen LogP contribution in [0.15, 0.2) is 29.4 Å². The van der Waals surface area contributed by atoms with Crippen LogP contribution in [0, 0.1) is 17.8 Å². The number of carbonyl (C=O) groups excluding carboxylic acids is 1. The number of aryl methyl sites for hydroxylation is 1. The molecule has 4 unspecified atom stereocenters. The Balaban J connectivity index is 1.28. The summed E-state index contributed by atoms with van der Waals surface area (Å²) in [5, 5.41) is 13.4. The minimum absolute atomic E-state index is 0.215. The maximum absolute atomic E-state index is 12.3. The van der Waals surface area contributed by atoms with Crippen molar-refractivity contribution < 1.29 is 19.4 Å². The number of Topliss-reactive ketones (excluding diaryl/α,β-unsaturated/α-hetero) is 1. The fourth-order valence-electron chi connectivity index (χ4n) is 5.37. The minimum Gasteiger partial charge on any atom is -0.478 e. The molecule has 2 saturated heterocycles. The molecular formula is C24H32N2O4. The highest BCUT2D eigenvalue weighted by Crippen LogP contribution is 2.44. The van der Waals surface area contributed by atoms with Crippen LogP contribution < -0.4 is 5.43 Å². The summed E-state index contributed by atoms with van der Waals surface area (Å²) >= 11 is 0. The molecular weight excluding hydrogens is 380 g/mol. The molecule has 2 heterocycles. The molecule has 162 valence electrons. The number of carboxylic acids is 1. The maximum Gasteiger partial charge on any atom is 0.335 e. The lowest BCUT2D eigenvalue weighted by molar-refractivity contribution is -0.122. The number of fused-ring (bicyclic) bond motifs is 2. The average Bonchev–Trinajstić information content (AvgIpc) is 3.38. The van der Waals surface area contributed by atoms with Gasteiger partial charge in [-0.25, -0.2) is 4.79 Å². The molecule has 6 nitrogen and oxygen atoms in total. The number of rotatable bonds is 9. The molecule has 1 saturated carbocycles. The first-order chi connectivity index (χ1) is 14.6. The second kappa shape index (κ2) is 9.73. The van der Waals surface area contributed by atoms with Gasteiger partial charge in [-0.1, -0.05) is 31.4 Å². The standard InChI is InChI=1S/C24H32N2O4/c27-21(17-4-2-1-3-5-17)15-26-25-14-20-19(22-12-13-23(20)30-22)11-8-16-6-9-18(10-7-16)24(28)29/h6-7,9-10,14,17,19-20,22-23,26H,1-5,8,11-13,15H2,(H,28,29). The lowest BCUT2D eigenvalue weighted by Gasteiger charge is -2.25. The summed E-state index contributed by atoms with van der Waals surface area (Å²) in [5.41, 5.74) is 4.46. The second-order valence-electron chi connectivity index (χ2n) is 8.99. The third-order valence-corrected chi connectivity index (χ3v) is 7.11. The Bertz CT molecular complexity index is 770. The fraction of sp³-hybridized carbons (Fsp3) is 0.625. The topological polar surface area (TPSA) is 88.0 Å². The van der Waals surface area contributed by atoms with E-state index in [9.17, 15) is 9.59 Å². The van der Waals surface area contributed by atoms with Crippen molar-refractivity contribution in [3.63, 3.8) is 0 Å². The third-order valence-electron chi connectivity index (χ3n) is 7.11. The van der Waals surface area contributed by atoms with Crippen LogP contribution in [0.1, 0.15) is 67.3 Å². The van der Waals surface area contributed by atoms with Crippen LogP contribution in [0.4, 0.5) is 0 Å². The van der Waals surface area contributed by atoms with Gasteiger partial charge in [0.1, 0.15) is 0 Å². The van der Waals surface area contributed by atoms with Crippen molar-refractivity contribution in [1.29, 1.82) is 0 Å². The Morgan fingerprint density at radius 3 is 2.53 bits per heavy atom. The molecule has 2 aliphatic heterocycles. The Morgan fingerprint density at radius 1 is 1.07 bits per heavy atom. The van der Waals surface area contributed by atoms with Gasteiger partial charge in [0, 0.05) is 18.1 Å². The minimum atomic E-state index is -0.895. The molecule has 2 bridgehead atoms. The van der Waals surface area contributed by atoms with E-state index in [-0.39, 0.29) is 29.8 Å². The van der Waals surface area contributed by atoms with Gasteiger partial charge in [0.05, 0.1) is 24.3 Å². The Labute approximate surface area is 178 Å². The molecule has 4 atom stereocenters. The highest BCUT2D eigenvalue weighted by molar-refractivity contribution is 5.87. The van der Waals surface area contributed by atoms with Crippen LogP contribution in [-0.2, 0) is 16.0 Å². The summed E-state index contributed by atoms with van der Waals surface area (Å²) in [5.74, 6) is 0.306. The molecule has 1 aromatic rings. The van der Waals surface area contributed by atoms with Crippen molar-refractivity contribution in [3.05, 3.63) is 35.4 Å². The van der Waals surface area contributed by atoms with E-state index < -0.39 is 5.97 Å². The molecule has 3 fully saturated rings.